The zero-order valence-corrected chi connectivity index (χ0v) is 22.6. The van der Waals surface area contributed by atoms with Crippen LogP contribution in [0.4, 0.5) is 0 Å². The fourth-order valence-electron chi connectivity index (χ4n) is 10.1. The van der Waals surface area contributed by atoms with E-state index in [-0.39, 0.29) is 11.5 Å². The van der Waals surface area contributed by atoms with E-state index in [0.717, 1.165) is 18.8 Å². The van der Waals surface area contributed by atoms with Crippen LogP contribution >= 0.6 is 0 Å². The first-order valence-corrected chi connectivity index (χ1v) is 13.8. The van der Waals surface area contributed by atoms with Gasteiger partial charge in [0, 0.05) is 0 Å². The van der Waals surface area contributed by atoms with Crippen molar-refractivity contribution in [3.63, 3.8) is 0 Å². The maximum atomic E-state index is 10.8. The van der Waals surface area contributed by atoms with Crippen molar-refractivity contribution in [1.29, 1.82) is 0 Å². The molecule has 4 fully saturated rings. The third-order valence-electron chi connectivity index (χ3n) is 12.5. The minimum Gasteiger partial charge on any atom is -0.393 e. The molecule has 0 aromatic carbocycles. The predicted molar refractivity (Wildman–Crippen MR) is 136 cm³/mol. The van der Waals surface area contributed by atoms with E-state index in [1.54, 1.807) is 13.8 Å². The largest absolute Gasteiger partial charge is 0.393 e. The molecule has 1 unspecified atom stereocenters. The van der Waals surface area contributed by atoms with Gasteiger partial charge in [-0.05, 0) is 123 Å². The highest BCUT2D eigenvalue weighted by atomic mass is 16.3. The van der Waals surface area contributed by atoms with Crippen molar-refractivity contribution in [3.8, 4) is 0 Å². The van der Waals surface area contributed by atoms with Crippen molar-refractivity contribution in [2.75, 3.05) is 0 Å². The molecule has 0 bridgehead atoms. The quantitative estimate of drug-likeness (QED) is 0.410. The molecule has 0 aliphatic heterocycles. The van der Waals surface area contributed by atoms with Crippen LogP contribution in [0.5, 0.6) is 0 Å². The maximum absolute atomic E-state index is 10.8. The number of hydrogen-bond donors (Lipinski definition) is 3. The number of aliphatic hydroxyl groups is 3. The second-order valence-electron chi connectivity index (χ2n) is 14.6. The first-order chi connectivity index (χ1) is 15.1. The second-order valence-corrected chi connectivity index (χ2v) is 14.6. The van der Waals surface area contributed by atoms with E-state index in [4.69, 9.17) is 0 Å². The monoisotopic (exact) mass is 460 g/mol. The Morgan fingerprint density at radius 2 is 1.55 bits per heavy atom. The van der Waals surface area contributed by atoms with Gasteiger partial charge < -0.3 is 15.3 Å². The SMILES string of the molecule is C=C(CCC(O)C(C)(C)O)[C@H]1CC[C@]2(C)[C@@H]1CC[C@@H]1[C@@]3(C)CC[C@H](O)C(C)(C)[C@@H]3CC[C@]12C. The van der Waals surface area contributed by atoms with Crippen molar-refractivity contribution in [3.05, 3.63) is 12.2 Å². The Bertz CT molecular complexity index is 765. The Hall–Kier alpha value is -0.380. The van der Waals surface area contributed by atoms with Crippen LogP contribution < -0.4 is 0 Å². The average Bonchev–Trinajstić information content (AvgIpc) is 3.07. The molecule has 0 spiro atoms. The fraction of sp³-hybridized carbons (Fsp3) is 0.933. The van der Waals surface area contributed by atoms with Crippen LogP contribution in [-0.2, 0) is 0 Å². The highest BCUT2D eigenvalue weighted by molar-refractivity contribution is 5.20. The Balaban J connectivity index is 1.55. The summed E-state index contributed by atoms with van der Waals surface area (Å²) in [7, 11) is 0. The van der Waals surface area contributed by atoms with E-state index in [0.29, 0.717) is 40.4 Å². The topological polar surface area (TPSA) is 60.7 Å². The number of aliphatic hydroxyl groups excluding tert-OH is 2. The molecular weight excluding hydrogens is 408 g/mol. The Labute approximate surface area is 203 Å². The van der Waals surface area contributed by atoms with E-state index in [2.05, 4.69) is 41.2 Å². The lowest BCUT2D eigenvalue weighted by Crippen LogP contribution is -2.63. The van der Waals surface area contributed by atoms with Crippen LogP contribution in [0.25, 0.3) is 0 Å². The summed E-state index contributed by atoms with van der Waals surface area (Å²) in [5.41, 5.74) is 1.28. The van der Waals surface area contributed by atoms with Crippen molar-refractivity contribution in [2.24, 2.45) is 45.3 Å². The van der Waals surface area contributed by atoms with E-state index in [1.807, 2.05) is 0 Å². The lowest BCUT2D eigenvalue weighted by atomic mass is 9.35. The molecule has 9 atom stereocenters. The van der Waals surface area contributed by atoms with Crippen molar-refractivity contribution in [1.82, 2.24) is 0 Å². The second kappa shape index (κ2) is 8.07. The molecule has 0 heterocycles. The molecule has 3 N–H and O–H groups in total. The lowest BCUT2D eigenvalue weighted by molar-refractivity contribution is -0.220. The van der Waals surface area contributed by atoms with Gasteiger partial charge in [-0.2, -0.15) is 0 Å². The average molecular weight is 461 g/mol. The third kappa shape index (κ3) is 3.70. The zero-order chi connectivity index (χ0) is 24.6. The molecule has 0 aromatic heterocycles. The Morgan fingerprint density at radius 1 is 0.909 bits per heavy atom. The van der Waals surface area contributed by atoms with Gasteiger partial charge >= 0.3 is 0 Å². The molecule has 0 saturated heterocycles. The molecule has 4 aliphatic rings. The minimum absolute atomic E-state index is 0.0138. The first kappa shape index (κ1) is 25.7. The molecule has 3 heteroatoms. The first-order valence-electron chi connectivity index (χ1n) is 13.8. The van der Waals surface area contributed by atoms with Crippen molar-refractivity contribution < 1.29 is 15.3 Å². The van der Waals surface area contributed by atoms with Gasteiger partial charge in [-0.1, -0.05) is 46.8 Å². The molecule has 0 aromatic rings. The number of fused-ring (bicyclic) bond motifs is 5. The minimum atomic E-state index is -1.05. The fourth-order valence-corrected chi connectivity index (χ4v) is 10.1. The van der Waals surface area contributed by atoms with E-state index in [9.17, 15) is 15.3 Å². The van der Waals surface area contributed by atoms with Gasteiger partial charge in [-0.15, -0.1) is 0 Å². The summed E-state index contributed by atoms with van der Waals surface area (Å²) in [6.07, 6.45) is 10.3. The van der Waals surface area contributed by atoms with Crippen LogP contribution in [0.15, 0.2) is 12.2 Å². The zero-order valence-electron chi connectivity index (χ0n) is 22.6. The standard InChI is InChI=1S/C30H52O3/c1-19(9-12-25(32)27(4,5)33)20-13-17-29(7)21(20)10-11-23-28(6)16-15-24(31)26(2,3)22(28)14-18-30(23,29)8/h20-25,31-33H,1,9-18H2,2-8H3/t20-,21-,22+,23-,24+,25?,28+,29-,30-/m1/s1. The molecular formula is C30H52O3. The van der Waals surface area contributed by atoms with Gasteiger partial charge in [-0.25, -0.2) is 0 Å². The number of hydrogen-bond acceptors (Lipinski definition) is 3. The molecule has 4 aliphatic carbocycles. The Morgan fingerprint density at radius 3 is 2.18 bits per heavy atom. The normalized spacial score (nSPS) is 47.9. The predicted octanol–water partition coefficient (Wildman–Crippen LogP) is 6.50. The van der Waals surface area contributed by atoms with Crippen LogP contribution in [-0.4, -0.2) is 33.1 Å². The van der Waals surface area contributed by atoms with Gasteiger partial charge in [-0.3, -0.25) is 0 Å². The molecule has 190 valence electrons. The van der Waals surface area contributed by atoms with Crippen LogP contribution in [0.3, 0.4) is 0 Å². The summed E-state index contributed by atoms with van der Waals surface area (Å²) < 4.78 is 0. The molecule has 0 radical (unpaired) electrons. The van der Waals surface area contributed by atoms with Crippen LogP contribution in [0.1, 0.15) is 113 Å². The van der Waals surface area contributed by atoms with Gasteiger partial charge in [0.1, 0.15) is 0 Å². The van der Waals surface area contributed by atoms with E-state index in [1.165, 1.54) is 50.5 Å². The lowest BCUT2D eigenvalue weighted by Gasteiger charge is -2.69. The van der Waals surface area contributed by atoms with Gasteiger partial charge in [0.15, 0.2) is 0 Å². The van der Waals surface area contributed by atoms with Crippen LogP contribution in [0, 0.1) is 45.3 Å². The van der Waals surface area contributed by atoms with Crippen molar-refractivity contribution in [2.45, 2.75) is 130 Å². The molecule has 3 nitrogen and oxygen atoms in total. The molecule has 4 rings (SSSR count). The molecule has 0 amide bonds. The summed E-state index contributed by atoms with van der Waals surface area (Å²) in [5, 5.41) is 31.3. The maximum Gasteiger partial charge on any atom is 0.0849 e. The number of rotatable bonds is 5. The highest BCUT2D eigenvalue weighted by Crippen LogP contribution is 2.75. The Kier molecular flexibility index (Phi) is 6.28. The van der Waals surface area contributed by atoms with Gasteiger partial charge in [0.2, 0.25) is 0 Å². The van der Waals surface area contributed by atoms with Crippen molar-refractivity contribution >= 4 is 0 Å². The van der Waals surface area contributed by atoms with E-state index >= 15 is 0 Å². The summed E-state index contributed by atoms with van der Waals surface area (Å²) in [6.45, 7) is 20.4. The molecule has 4 saturated carbocycles. The summed E-state index contributed by atoms with van der Waals surface area (Å²) in [6, 6.07) is 0. The van der Waals surface area contributed by atoms with Crippen LogP contribution in [0.2, 0.25) is 0 Å². The summed E-state index contributed by atoms with van der Waals surface area (Å²) in [4.78, 5) is 0. The molecule has 33 heavy (non-hydrogen) atoms. The highest BCUT2D eigenvalue weighted by Gasteiger charge is 2.68. The number of allylic oxidation sites excluding steroid dienone is 1. The van der Waals surface area contributed by atoms with Gasteiger partial charge in [0.05, 0.1) is 17.8 Å². The van der Waals surface area contributed by atoms with E-state index < -0.39 is 11.7 Å². The summed E-state index contributed by atoms with van der Waals surface area (Å²) >= 11 is 0. The third-order valence-corrected chi connectivity index (χ3v) is 12.5. The summed E-state index contributed by atoms with van der Waals surface area (Å²) in [5.74, 6) is 2.59. The smallest absolute Gasteiger partial charge is 0.0849 e. The van der Waals surface area contributed by atoms with Gasteiger partial charge in [0.25, 0.3) is 0 Å².